The zero-order chi connectivity index (χ0) is 22.9. The molecule has 1 saturated heterocycles. The highest BCUT2D eigenvalue weighted by molar-refractivity contribution is 7.80. The van der Waals surface area contributed by atoms with E-state index in [1.165, 1.54) is 5.56 Å². The quantitative estimate of drug-likeness (QED) is 0.393. The van der Waals surface area contributed by atoms with Crippen LogP contribution in [0.3, 0.4) is 0 Å². The van der Waals surface area contributed by atoms with E-state index in [2.05, 4.69) is 88.2 Å². The number of methoxy groups -OCH3 is 1. The van der Waals surface area contributed by atoms with E-state index in [4.69, 9.17) is 17.0 Å². The molecule has 0 radical (unpaired) electrons. The third-order valence-electron chi connectivity index (χ3n) is 6.15. The molecule has 5 nitrogen and oxygen atoms in total. The van der Waals surface area contributed by atoms with Crippen LogP contribution in [0.1, 0.15) is 34.7 Å². The highest BCUT2D eigenvalue weighted by Crippen LogP contribution is 2.42. The van der Waals surface area contributed by atoms with Gasteiger partial charge in [0, 0.05) is 29.0 Å². The van der Waals surface area contributed by atoms with Crippen molar-refractivity contribution in [1.82, 2.24) is 14.9 Å². The number of thiocarbonyl (C=S) groups is 1. The van der Waals surface area contributed by atoms with Gasteiger partial charge in [0.2, 0.25) is 0 Å². The monoisotopic (exact) mass is 454 g/mol. The normalized spacial score (nSPS) is 17.8. The number of aryl methyl sites for hydroxylation is 2. The van der Waals surface area contributed by atoms with Crippen molar-refractivity contribution in [2.75, 3.05) is 12.0 Å². The van der Waals surface area contributed by atoms with E-state index in [0.717, 1.165) is 34.2 Å². The Balaban J connectivity index is 1.67. The number of pyridine rings is 1. The van der Waals surface area contributed by atoms with E-state index >= 15 is 0 Å². The minimum atomic E-state index is -0.0914. The largest absolute Gasteiger partial charge is 0.497 e. The van der Waals surface area contributed by atoms with E-state index in [-0.39, 0.29) is 12.1 Å². The molecule has 33 heavy (non-hydrogen) atoms. The molecule has 2 aromatic heterocycles. The van der Waals surface area contributed by atoms with Crippen LogP contribution in [0.15, 0.2) is 85.1 Å². The SMILES string of the molecule is COc1ccc(-n2c(C)ccc2[C@@H]2[C@@H](c3ccccn3)NC(=S)N2c2ccc(C)cc2)cc1. The number of nitrogens with one attached hydrogen (secondary N) is 1. The second kappa shape index (κ2) is 8.71. The minimum absolute atomic E-state index is 0.0779. The Morgan fingerprint density at radius 2 is 1.61 bits per heavy atom. The summed E-state index contributed by atoms with van der Waals surface area (Å²) in [5, 5.41) is 4.24. The lowest BCUT2D eigenvalue weighted by Gasteiger charge is -2.29. The lowest BCUT2D eigenvalue weighted by molar-refractivity contribution is 0.414. The maximum absolute atomic E-state index is 5.87. The van der Waals surface area contributed by atoms with Crippen molar-refractivity contribution in [2.45, 2.75) is 25.9 Å². The maximum atomic E-state index is 5.87. The fourth-order valence-electron chi connectivity index (χ4n) is 4.51. The predicted molar refractivity (Wildman–Crippen MR) is 136 cm³/mol. The summed E-state index contributed by atoms with van der Waals surface area (Å²) in [6, 6.07) is 26.8. The summed E-state index contributed by atoms with van der Waals surface area (Å²) >= 11 is 5.87. The van der Waals surface area contributed by atoms with Gasteiger partial charge in [0.05, 0.1) is 18.8 Å². The van der Waals surface area contributed by atoms with Crippen LogP contribution >= 0.6 is 12.2 Å². The highest BCUT2D eigenvalue weighted by atomic mass is 32.1. The molecule has 0 amide bonds. The van der Waals surface area contributed by atoms with Gasteiger partial charge in [0.25, 0.3) is 0 Å². The van der Waals surface area contributed by atoms with Gasteiger partial charge in [-0.15, -0.1) is 0 Å². The van der Waals surface area contributed by atoms with Crippen molar-refractivity contribution < 1.29 is 4.74 Å². The molecule has 1 N–H and O–H groups in total. The molecular weight excluding hydrogens is 428 g/mol. The zero-order valence-electron chi connectivity index (χ0n) is 18.9. The highest BCUT2D eigenvalue weighted by Gasteiger charge is 2.42. The van der Waals surface area contributed by atoms with Crippen LogP contribution in [-0.4, -0.2) is 21.8 Å². The summed E-state index contributed by atoms with van der Waals surface area (Å²) in [5.74, 6) is 0.835. The Kier molecular flexibility index (Phi) is 5.60. The molecule has 1 fully saturated rings. The first-order chi connectivity index (χ1) is 16.1. The summed E-state index contributed by atoms with van der Waals surface area (Å²) in [5.41, 5.74) is 6.60. The second-order valence-electron chi connectivity index (χ2n) is 8.27. The van der Waals surface area contributed by atoms with Crippen LogP contribution < -0.4 is 15.0 Å². The summed E-state index contributed by atoms with van der Waals surface area (Å²) in [7, 11) is 1.68. The van der Waals surface area contributed by atoms with Crippen molar-refractivity contribution in [1.29, 1.82) is 0 Å². The Bertz CT molecular complexity index is 1270. The van der Waals surface area contributed by atoms with Crippen LogP contribution in [0.2, 0.25) is 0 Å². The van der Waals surface area contributed by atoms with Crippen molar-refractivity contribution in [3.8, 4) is 11.4 Å². The number of hydrogen-bond donors (Lipinski definition) is 1. The van der Waals surface area contributed by atoms with Crippen molar-refractivity contribution in [2.24, 2.45) is 0 Å². The molecular formula is C27H26N4OS. The molecule has 1 aliphatic rings. The van der Waals surface area contributed by atoms with Gasteiger partial charge in [-0.2, -0.15) is 0 Å². The molecule has 0 aliphatic carbocycles. The van der Waals surface area contributed by atoms with Crippen LogP contribution in [0.25, 0.3) is 5.69 Å². The molecule has 3 heterocycles. The van der Waals surface area contributed by atoms with Gasteiger partial charge < -0.3 is 19.5 Å². The number of aromatic nitrogens is 2. The molecule has 4 aromatic rings. The van der Waals surface area contributed by atoms with E-state index in [0.29, 0.717) is 5.11 Å². The Morgan fingerprint density at radius 3 is 2.27 bits per heavy atom. The first-order valence-electron chi connectivity index (χ1n) is 11.0. The molecule has 0 spiro atoms. The standard InChI is InChI=1S/C27H26N4OS/c1-18-7-10-21(11-8-18)31-26(25(29-27(31)33)23-6-4-5-17-28-23)24-16-9-19(2)30(24)20-12-14-22(32-3)15-13-20/h4-17,25-26H,1-3H3,(H,29,33)/t25-,26-/m1/s1. The molecule has 2 atom stereocenters. The average molecular weight is 455 g/mol. The van der Waals surface area contributed by atoms with E-state index in [9.17, 15) is 0 Å². The number of nitrogens with zero attached hydrogens (tertiary/aromatic N) is 3. The van der Waals surface area contributed by atoms with E-state index < -0.39 is 0 Å². The van der Waals surface area contributed by atoms with Crippen LogP contribution in [-0.2, 0) is 0 Å². The second-order valence-corrected chi connectivity index (χ2v) is 8.65. The van der Waals surface area contributed by atoms with Gasteiger partial charge in [-0.25, -0.2) is 0 Å². The van der Waals surface area contributed by atoms with E-state index in [1.54, 1.807) is 7.11 Å². The molecule has 6 heteroatoms. The molecule has 0 bridgehead atoms. The van der Waals surface area contributed by atoms with Gasteiger partial charge >= 0.3 is 0 Å². The van der Waals surface area contributed by atoms with Crippen LogP contribution in [0.4, 0.5) is 5.69 Å². The molecule has 0 unspecified atom stereocenters. The number of benzene rings is 2. The molecule has 166 valence electrons. The minimum Gasteiger partial charge on any atom is -0.497 e. The number of anilines is 1. The van der Waals surface area contributed by atoms with Crippen molar-refractivity contribution >= 4 is 23.0 Å². The average Bonchev–Trinajstić information content (AvgIpc) is 3.39. The summed E-state index contributed by atoms with van der Waals surface area (Å²) in [6.07, 6.45) is 1.83. The van der Waals surface area contributed by atoms with Crippen molar-refractivity contribution in [3.05, 3.63) is 108 Å². The fourth-order valence-corrected chi connectivity index (χ4v) is 4.86. The Labute approximate surface area is 199 Å². The van der Waals surface area contributed by atoms with Crippen LogP contribution in [0.5, 0.6) is 5.75 Å². The topological polar surface area (TPSA) is 42.3 Å². The van der Waals surface area contributed by atoms with Gasteiger partial charge in [0.15, 0.2) is 5.11 Å². The number of rotatable bonds is 5. The number of hydrogen-bond acceptors (Lipinski definition) is 3. The molecule has 2 aromatic carbocycles. The molecule has 0 saturated carbocycles. The molecule has 1 aliphatic heterocycles. The van der Waals surface area contributed by atoms with Gasteiger partial charge in [-0.3, -0.25) is 4.98 Å². The third kappa shape index (κ3) is 3.87. The Morgan fingerprint density at radius 1 is 0.879 bits per heavy atom. The van der Waals surface area contributed by atoms with Crippen molar-refractivity contribution in [3.63, 3.8) is 0 Å². The van der Waals surface area contributed by atoms with Gasteiger partial charge in [0.1, 0.15) is 11.8 Å². The summed E-state index contributed by atoms with van der Waals surface area (Å²) < 4.78 is 7.66. The molecule has 5 rings (SSSR count). The van der Waals surface area contributed by atoms with E-state index in [1.807, 2.05) is 30.5 Å². The lowest BCUT2D eigenvalue weighted by atomic mass is 10.0. The summed E-state index contributed by atoms with van der Waals surface area (Å²) in [6.45, 7) is 4.22. The smallest absolute Gasteiger partial charge is 0.174 e. The predicted octanol–water partition coefficient (Wildman–Crippen LogP) is 5.67. The van der Waals surface area contributed by atoms with Gasteiger partial charge in [-0.1, -0.05) is 23.8 Å². The zero-order valence-corrected chi connectivity index (χ0v) is 19.7. The fraction of sp³-hybridized carbons (Fsp3) is 0.185. The maximum Gasteiger partial charge on any atom is 0.174 e. The first-order valence-corrected chi connectivity index (χ1v) is 11.4. The summed E-state index contributed by atoms with van der Waals surface area (Å²) in [4.78, 5) is 6.88. The Hall–Kier alpha value is -3.64. The third-order valence-corrected chi connectivity index (χ3v) is 6.46. The first kappa shape index (κ1) is 21.2. The van der Waals surface area contributed by atoms with Crippen LogP contribution in [0, 0.1) is 13.8 Å². The number of ether oxygens (including phenoxy) is 1. The lowest BCUT2D eigenvalue weighted by Crippen LogP contribution is -2.30. The van der Waals surface area contributed by atoms with Gasteiger partial charge in [-0.05, 0) is 86.7 Å².